The fraction of sp³-hybridized carbons (Fsp3) is 0.300. The van der Waals surface area contributed by atoms with E-state index >= 15 is 0 Å². The van der Waals surface area contributed by atoms with E-state index in [4.69, 9.17) is 18.9 Å². The Morgan fingerprint density at radius 3 is 2.63 bits per heavy atom. The topological polar surface area (TPSA) is 91.3 Å². The van der Waals surface area contributed by atoms with Gasteiger partial charge in [-0.3, -0.25) is 0 Å². The molecule has 0 amide bonds. The number of fused-ring (bicyclic) bond motifs is 1. The molecule has 0 radical (unpaired) electrons. The molecule has 1 aliphatic rings. The predicted octanol–water partition coefficient (Wildman–Crippen LogP) is 3.36. The second kappa shape index (κ2) is 7.99. The highest BCUT2D eigenvalue weighted by molar-refractivity contribution is 5.89. The summed E-state index contributed by atoms with van der Waals surface area (Å²) in [7, 11) is 1.31. The second-order valence-electron chi connectivity index (χ2n) is 6.01. The summed E-state index contributed by atoms with van der Waals surface area (Å²) in [5.74, 6) is -0.124. The van der Waals surface area contributed by atoms with Crippen LogP contribution >= 0.6 is 0 Å². The van der Waals surface area contributed by atoms with Gasteiger partial charge in [-0.15, -0.1) is 0 Å². The zero-order valence-electron chi connectivity index (χ0n) is 15.1. The van der Waals surface area contributed by atoms with Gasteiger partial charge in [-0.25, -0.2) is 9.59 Å². The average molecular weight is 372 g/mol. The quantitative estimate of drug-likeness (QED) is 0.745. The summed E-state index contributed by atoms with van der Waals surface area (Å²) in [6.45, 7) is 2.09. The van der Waals surface area contributed by atoms with E-state index in [0.717, 1.165) is 12.0 Å². The smallest absolute Gasteiger partial charge is 0.349 e. The summed E-state index contributed by atoms with van der Waals surface area (Å²) in [5.41, 5.74) is 1.57. The Morgan fingerprint density at radius 1 is 1.15 bits per heavy atom. The number of methoxy groups -OCH3 is 1. The van der Waals surface area contributed by atoms with Crippen molar-refractivity contribution in [2.75, 3.05) is 13.9 Å². The highest BCUT2D eigenvalue weighted by Crippen LogP contribution is 2.36. The lowest BCUT2D eigenvalue weighted by Gasteiger charge is -2.19. The van der Waals surface area contributed by atoms with E-state index in [1.165, 1.54) is 7.11 Å². The third-order valence-corrected chi connectivity index (χ3v) is 4.17. The van der Waals surface area contributed by atoms with Crippen molar-refractivity contribution in [3.05, 3.63) is 53.1 Å². The minimum atomic E-state index is -1.22. The van der Waals surface area contributed by atoms with E-state index in [2.05, 4.69) is 0 Å². The van der Waals surface area contributed by atoms with Crippen LogP contribution in [0.15, 0.2) is 36.4 Å². The summed E-state index contributed by atoms with van der Waals surface area (Å²) >= 11 is 0. The molecule has 0 spiro atoms. The van der Waals surface area contributed by atoms with Gasteiger partial charge in [-0.2, -0.15) is 0 Å². The molecule has 1 heterocycles. The molecule has 7 heteroatoms. The van der Waals surface area contributed by atoms with E-state index in [1.807, 2.05) is 6.92 Å². The first-order chi connectivity index (χ1) is 13.0. The average Bonchev–Trinajstić information content (AvgIpc) is 3.14. The Balaban J connectivity index is 1.92. The van der Waals surface area contributed by atoms with E-state index in [1.54, 1.807) is 36.4 Å². The van der Waals surface area contributed by atoms with Crippen LogP contribution in [0.25, 0.3) is 0 Å². The predicted molar refractivity (Wildman–Crippen MR) is 95.3 cm³/mol. The molecule has 27 heavy (non-hydrogen) atoms. The van der Waals surface area contributed by atoms with Crippen molar-refractivity contribution in [1.29, 1.82) is 0 Å². The molecule has 1 aliphatic heterocycles. The molecule has 0 bridgehead atoms. The van der Waals surface area contributed by atoms with Crippen LogP contribution in [0.5, 0.6) is 17.2 Å². The van der Waals surface area contributed by atoms with E-state index in [9.17, 15) is 14.7 Å². The third kappa shape index (κ3) is 3.97. The highest BCUT2D eigenvalue weighted by atomic mass is 16.7. The zero-order valence-corrected chi connectivity index (χ0v) is 15.1. The van der Waals surface area contributed by atoms with Crippen molar-refractivity contribution in [1.82, 2.24) is 0 Å². The van der Waals surface area contributed by atoms with Crippen molar-refractivity contribution in [3.8, 4) is 17.2 Å². The first-order valence-electron chi connectivity index (χ1n) is 8.53. The monoisotopic (exact) mass is 372 g/mol. The third-order valence-electron chi connectivity index (χ3n) is 4.17. The minimum Gasteiger partial charge on any atom is -0.478 e. The van der Waals surface area contributed by atoms with Crippen molar-refractivity contribution in [2.45, 2.75) is 25.9 Å². The van der Waals surface area contributed by atoms with Crippen LogP contribution in [0.2, 0.25) is 0 Å². The molecule has 3 rings (SSSR count). The van der Waals surface area contributed by atoms with Crippen LogP contribution in [0, 0.1) is 0 Å². The molecule has 0 aliphatic carbocycles. The molecule has 7 nitrogen and oxygen atoms in total. The zero-order chi connectivity index (χ0) is 19.4. The molecular formula is C20H20O7. The number of aryl methyl sites for hydroxylation is 1. The van der Waals surface area contributed by atoms with Gasteiger partial charge < -0.3 is 24.1 Å². The van der Waals surface area contributed by atoms with Crippen molar-refractivity contribution < 1.29 is 33.6 Å². The Labute approximate surface area is 156 Å². The fourth-order valence-corrected chi connectivity index (χ4v) is 2.87. The van der Waals surface area contributed by atoms with Crippen LogP contribution in [0.4, 0.5) is 0 Å². The molecule has 0 fully saturated rings. The summed E-state index contributed by atoms with van der Waals surface area (Å²) in [6, 6.07) is 9.71. The maximum Gasteiger partial charge on any atom is 0.349 e. The summed E-state index contributed by atoms with van der Waals surface area (Å²) in [5, 5.41) is 9.67. The number of hydrogen-bond acceptors (Lipinski definition) is 6. The Kier molecular flexibility index (Phi) is 5.49. The summed E-state index contributed by atoms with van der Waals surface area (Å²) in [6.07, 6.45) is 0.218. The normalized spacial score (nSPS) is 13.1. The lowest BCUT2D eigenvalue weighted by atomic mass is 10.0. The molecule has 1 N–H and O–H groups in total. The number of esters is 1. The molecule has 0 saturated carbocycles. The van der Waals surface area contributed by atoms with Crippen LogP contribution in [0.1, 0.15) is 40.9 Å². The van der Waals surface area contributed by atoms with Crippen molar-refractivity contribution in [3.63, 3.8) is 0 Å². The number of hydrogen-bond donors (Lipinski definition) is 1. The van der Waals surface area contributed by atoms with Crippen LogP contribution < -0.4 is 14.2 Å². The van der Waals surface area contributed by atoms with Crippen molar-refractivity contribution >= 4 is 11.9 Å². The number of rotatable bonds is 7. The Morgan fingerprint density at radius 2 is 1.93 bits per heavy atom. The minimum absolute atomic E-state index is 0.104. The number of aliphatic carboxylic acids is 1. The van der Waals surface area contributed by atoms with Gasteiger partial charge in [0.25, 0.3) is 0 Å². The largest absolute Gasteiger partial charge is 0.478 e. The van der Waals surface area contributed by atoms with Crippen LogP contribution in [-0.2, 0) is 16.0 Å². The standard InChI is InChI=1S/C20H20O7/c1-3-4-12-9-14(20(23)24-2)6-7-15(12)27-18(19(21)22)13-5-8-16-17(10-13)26-11-25-16/h5-10,18H,3-4,11H2,1-2H3,(H,21,22). The Bertz CT molecular complexity index is 859. The highest BCUT2D eigenvalue weighted by Gasteiger charge is 2.26. The first kappa shape index (κ1) is 18.6. The number of carboxylic acid groups (broad SMARTS) is 1. The van der Waals surface area contributed by atoms with Gasteiger partial charge >= 0.3 is 11.9 Å². The SMILES string of the molecule is CCCc1cc(C(=O)OC)ccc1OC(C(=O)O)c1ccc2c(c1)OCO2. The van der Waals surface area contributed by atoms with Crippen molar-refractivity contribution in [2.24, 2.45) is 0 Å². The van der Waals surface area contributed by atoms with Gasteiger partial charge in [0, 0.05) is 5.56 Å². The second-order valence-corrected chi connectivity index (χ2v) is 6.01. The number of carbonyl (C=O) groups excluding carboxylic acids is 1. The molecule has 2 aromatic rings. The van der Waals surface area contributed by atoms with Gasteiger partial charge in [0.15, 0.2) is 11.5 Å². The number of ether oxygens (including phenoxy) is 4. The van der Waals surface area contributed by atoms with E-state index in [0.29, 0.717) is 34.8 Å². The van der Waals surface area contributed by atoms with Gasteiger partial charge in [-0.1, -0.05) is 19.4 Å². The van der Waals surface area contributed by atoms with E-state index < -0.39 is 18.0 Å². The molecule has 142 valence electrons. The molecule has 0 saturated heterocycles. The summed E-state index contributed by atoms with van der Waals surface area (Å²) in [4.78, 5) is 23.6. The van der Waals surface area contributed by atoms with E-state index in [-0.39, 0.29) is 6.79 Å². The van der Waals surface area contributed by atoms with Crippen LogP contribution in [-0.4, -0.2) is 30.9 Å². The molecule has 0 aromatic heterocycles. The van der Waals surface area contributed by atoms with Crippen LogP contribution in [0.3, 0.4) is 0 Å². The maximum atomic E-state index is 11.8. The fourth-order valence-electron chi connectivity index (χ4n) is 2.87. The number of carboxylic acids is 1. The lowest BCUT2D eigenvalue weighted by molar-refractivity contribution is -0.145. The summed E-state index contributed by atoms with van der Waals surface area (Å²) < 4.78 is 21.1. The van der Waals surface area contributed by atoms with Gasteiger partial charge in [0.1, 0.15) is 5.75 Å². The molecule has 2 aromatic carbocycles. The maximum absolute atomic E-state index is 11.8. The van der Waals surface area contributed by atoms with Gasteiger partial charge in [0.05, 0.1) is 12.7 Å². The molecule has 1 unspecified atom stereocenters. The van der Waals surface area contributed by atoms with Gasteiger partial charge in [0.2, 0.25) is 12.9 Å². The first-order valence-corrected chi connectivity index (χ1v) is 8.53. The number of carbonyl (C=O) groups is 2. The number of benzene rings is 2. The Hall–Kier alpha value is -3.22. The molecule has 1 atom stereocenters. The molecular weight excluding hydrogens is 352 g/mol. The van der Waals surface area contributed by atoms with Gasteiger partial charge in [-0.05, 0) is 42.3 Å². The lowest BCUT2D eigenvalue weighted by Crippen LogP contribution is -2.19.